The van der Waals surface area contributed by atoms with Gasteiger partial charge in [-0.05, 0) is 43.9 Å². The Morgan fingerprint density at radius 2 is 1.97 bits per heavy atom. The molecule has 1 saturated carbocycles. The average molecular weight is 489 g/mol. The third-order valence-corrected chi connectivity index (χ3v) is 9.30. The fourth-order valence-corrected chi connectivity index (χ4v) is 6.67. The van der Waals surface area contributed by atoms with Crippen LogP contribution >= 0.6 is 11.3 Å². The van der Waals surface area contributed by atoms with Crippen LogP contribution in [0.1, 0.15) is 37.5 Å². The second-order valence-corrected chi connectivity index (χ2v) is 11.3. The SMILES string of the molecule is COc1ccccc1NC(=O)C1CCN(S(=O)(=O)c2cc(-c3noc(C4CC4)n3)cs2)CC1. The van der Waals surface area contributed by atoms with Crippen LogP contribution in [0.4, 0.5) is 5.69 Å². The molecule has 0 bridgehead atoms. The van der Waals surface area contributed by atoms with Gasteiger partial charge in [-0.2, -0.15) is 9.29 Å². The largest absolute Gasteiger partial charge is 0.495 e. The molecule has 11 heteroatoms. The molecule has 1 saturated heterocycles. The van der Waals surface area contributed by atoms with E-state index in [2.05, 4.69) is 15.5 Å². The average Bonchev–Trinajstić information content (AvgIpc) is 3.34. The maximum Gasteiger partial charge on any atom is 0.252 e. The van der Waals surface area contributed by atoms with Crippen molar-refractivity contribution in [3.63, 3.8) is 0 Å². The summed E-state index contributed by atoms with van der Waals surface area (Å²) in [5.74, 6) is 1.58. The second kappa shape index (κ2) is 8.88. The number of para-hydroxylation sites is 2. The summed E-state index contributed by atoms with van der Waals surface area (Å²) in [4.78, 5) is 17.1. The Balaban J connectivity index is 1.22. The number of methoxy groups -OCH3 is 1. The minimum Gasteiger partial charge on any atom is -0.495 e. The van der Waals surface area contributed by atoms with Crippen molar-refractivity contribution in [1.82, 2.24) is 14.4 Å². The van der Waals surface area contributed by atoms with Gasteiger partial charge in [-0.25, -0.2) is 8.42 Å². The van der Waals surface area contributed by atoms with Gasteiger partial charge in [0.1, 0.15) is 9.96 Å². The number of carbonyl (C=O) groups excluding carboxylic acids is 1. The van der Waals surface area contributed by atoms with Gasteiger partial charge in [0.05, 0.1) is 12.8 Å². The number of thiophene rings is 1. The van der Waals surface area contributed by atoms with Crippen molar-refractivity contribution in [3.8, 4) is 17.1 Å². The van der Waals surface area contributed by atoms with Gasteiger partial charge in [0.2, 0.25) is 17.6 Å². The molecule has 5 rings (SSSR count). The number of ether oxygens (including phenoxy) is 1. The van der Waals surface area contributed by atoms with Crippen LogP contribution < -0.4 is 10.1 Å². The van der Waals surface area contributed by atoms with Gasteiger partial charge >= 0.3 is 0 Å². The lowest BCUT2D eigenvalue weighted by Crippen LogP contribution is -2.41. The number of benzene rings is 1. The van der Waals surface area contributed by atoms with Crippen LogP contribution in [0.15, 0.2) is 44.4 Å². The fourth-order valence-electron chi connectivity index (χ4n) is 3.89. The standard InChI is InChI=1S/C22H24N4O5S2/c1-30-18-5-3-2-4-17(18)23-21(27)14-8-10-26(11-9-14)33(28,29)19-12-16(13-32-19)20-24-22(31-25-20)15-6-7-15/h2-5,12-15H,6-11H2,1H3,(H,23,27). The van der Waals surface area contributed by atoms with Crippen molar-refractivity contribution in [2.24, 2.45) is 5.92 Å². The Morgan fingerprint density at radius 3 is 2.70 bits per heavy atom. The van der Waals surface area contributed by atoms with E-state index in [-0.39, 0.29) is 29.1 Å². The molecule has 1 N–H and O–H groups in total. The van der Waals surface area contributed by atoms with Gasteiger partial charge in [-0.1, -0.05) is 17.3 Å². The summed E-state index contributed by atoms with van der Waals surface area (Å²) in [5, 5.41) is 8.63. The molecule has 174 valence electrons. The lowest BCUT2D eigenvalue weighted by molar-refractivity contribution is -0.120. The number of sulfonamides is 1. The van der Waals surface area contributed by atoms with Crippen LogP contribution in [0.5, 0.6) is 5.75 Å². The minimum absolute atomic E-state index is 0.126. The summed E-state index contributed by atoms with van der Waals surface area (Å²) >= 11 is 1.15. The molecule has 0 spiro atoms. The summed E-state index contributed by atoms with van der Waals surface area (Å²) < 4.78 is 38.6. The first-order valence-electron chi connectivity index (χ1n) is 10.8. The maximum absolute atomic E-state index is 13.2. The molecule has 0 unspecified atom stereocenters. The zero-order valence-electron chi connectivity index (χ0n) is 18.1. The van der Waals surface area contributed by atoms with E-state index in [0.29, 0.717) is 47.5 Å². The number of rotatable bonds is 7. The number of aromatic nitrogens is 2. The normalized spacial score (nSPS) is 17.7. The first kappa shape index (κ1) is 22.1. The Kier molecular flexibility index (Phi) is 5.94. The number of hydrogen-bond donors (Lipinski definition) is 1. The van der Waals surface area contributed by atoms with Crippen LogP contribution in [0.25, 0.3) is 11.4 Å². The van der Waals surface area contributed by atoms with E-state index < -0.39 is 10.0 Å². The van der Waals surface area contributed by atoms with Crippen LogP contribution in [0, 0.1) is 5.92 Å². The van der Waals surface area contributed by atoms with Crippen molar-refractivity contribution in [1.29, 1.82) is 0 Å². The molecule has 2 aliphatic rings. The van der Waals surface area contributed by atoms with Crippen molar-refractivity contribution >= 4 is 33.0 Å². The molecule has 2 aromatic heterocycles. The molecule has 0 atom stereocenters. The van der Waals surface area contributed by atoms with Crippen molar-refractivity contribution in [2.45, 2.75) is 35.8 Å². The first-order chi connectivity index (χ1) is 16.0. The predicted octanol–water partition coefficient (Wildman–Crippen LogP) is 3.72. The number of amides is 1. The molecule has 1 aliphatic carbocycles. The van der Waals surface area contributed by atoms with Crippen LogP contribution in [-0.4, -0.2) is 49.0 Å². The Hall–Kier alpha value is -2.76. The molecule has 3 aromatic rings. The Morgan fingerprint density at radius 1 is 1.21 bits per heavy atom. The van der Waals surface area contributed by atoms with Crippen molar-refractivity contribution in [2.75, 3.05) is 25.5 Å². The highest BCUT2D eigenvalue weighted by Crippen LogP contribution is 2.40. The summed E-state index contributed by atoms with van der Waals surface area (Å²) in [5.41, 5.74) is 1.25. The molecule has 0 radical (unpaired) electrons. The van der Waals surface area contributed by atoms with Gasteiger partial charge in [0.15, 0.2) is 0 Å². The number of nitrogens with zero attached hydrogens (tertiary/aromatic N) is 3. The van der Waals surface area contributed by atoms with Crippen LogP contribution in [0.3, 0.4) is 0 Å². The lowest BCUT2D eigenvalue weighted by Gasteiger charge is -2.30. The summed E-state index contributed by atoms with van der Waals surface area (Å²) in [6.07, 6.45) is 3.01. The van der Waals surface area contributed by atoms with Gasteiger partial charge in [-0.15, -0.1) is 11.3 Å². The van der Waals surface area contributed by atoms with E-state index in [9.17, 15) is 13.2 Å². The van der Waals surface area contributed by atoms with Gasteiger partial charge in [0, 0.05) is 35.9 Å². The highest BCUT2D eigenvalue weighted by molar-refractivity contribution is 7.91. The van der Waals surface area contributed by atoms with E-state index in [0.717, 1.165) is 24.2 Å². The number of carbonyl (C=O) groups is 1. The zero-order valence-corrected chi connectivity index (χ0v) is 19.7. The Labute approximate surface area is 195 Å². The van der Waals surface area contributed by atoms with Gasteiger partial charge < -0.3 is 14.6 Å². The predicted molar refractivity (Wildman–Crippen MR) is 123 cm³/mol. The topological polar surface area (TPSA) is 115 Å². The number of piperidine rings is 1. The molecule has 33 heavy (non-hydrogen) atoms. The molecule has 9 nitrogen and oxygen atoms in total. The molecule has 3 heterocycles. The van der Waals surface area contributed by atoms with E-state index in [1.165, 1.54) is 4.31 Å². The molecular weight excluding hydrogens is 464 g/mol. The minimum atomic E-state index is -3.65. The monoisotopic (exact) mass is 488 g/mol. The van der Waals surface area contributed by atoms with Crippen molar-refractivity contribution in [3.05, 3.63) is 41.6 Å². The van der Waals surface area contributed by atoms with E-state index in [4.69, 9.17) is 9.26 Å². The molecule has 1 amide bonds. The third kappa shape index (κ3) is 4.53. The van der Waals surface area contributed by atoms with E-state index in [1.54, 1.807) is 30.7 Å². The molecular formula is C22H24N4O5S2. The second-order valence-electron chi connectivity index (χ2n) is 8.25. The summed E-state index contributed by atoms with van der Waals surface area (Å²) in [6.45, 7) is 0.571. The first-order valence-corrected chi connectivity index (χ1v) is 13.1. The lowest BCUT2D eigenvalue weighted by atomic mass is 9.97. The highest BCUT2D eigenvalue weighted by Gasteiger charge is 2.34. The van der Waals surface area contributed by atoms with Crippen molar-refractivity contribution < 1.29 is 22.5 Å². The summed E-state index contributed by atoms with van der Waals surface area (Å²) in [7, 11) is -2.10. The fraction of sp³-hybridized carbons (Fsp3) is 0.409. The molecule has 1 aromatic carbocycles. The number of hydrogen-bond acceptors (Lipinski definition) is 8. The number of anilines is 1. The van der Waals surface area contributed by atoms with Gasteiger partial charge in [-0.3, -0.25) is 4.79 Å². The van der Waals surface area contributed by atoms with Crippen LogP contribution in [0.2, 0.25) is 0 Å². The van der Waals surface area contributed by atoms with Crippen LogP contribution in [-0.2, 0) is 14.8 Å². The van der Waals surface area contributed by atoms with E-state index >= 15 is 0 Å². The molecule has 1 aliphatic heterocycles. The quantitative estimate of drug-likeness (QED) is 0.539. The maximum atomic E-state index is 13.2. The zero-order chi connectivity index (χ0) is 23.0. The molecule has 2 fully saturated rings. The third-order valence-electron chi connectivity index (χ3n) is 5.99. The summed E-state index contributed by atoms with van der Waals surface area (Å²) in [6, 6.07) is 8.81. The van der Waals surface area contributed by atoms with Gasteiger partial charge in [0.25, 0.3) is 10.0 Å². The Bertz CT molecular complexity index is 1260. The highest BCUT2D eigenvalue weighted by atomic mass is 32.2. The van der Waals surface area contributed by atoms with E-state index in [1.807, 2.05) is 12.1 Å². The smallest absolute Gasteiger partial charge is 0.252 e. The number of nitrogens with one attached hydrogen (secondary N) is 1.